The second kappa shape index (κ2) is 6.84. The van der Waals surface area contributed by atoms with E-state index in [2.05, 4.69) is 11.6 Å². The Morgan fingerprint density at radius 1 is 1.29 bits per heavy atom. The molecule has 0 amide bonds. The first-order valence-electron chi connectivity index (χ1n) is 6.97. The fourth-order valence-corrected chi connectivity index (χ4v) is 4.96. The van der Waals surface area contributed by atoms with Crippen LogP contribution in [-0.2, 0) is 16.6 Å². The molecule has 1 fully saturated rings. The summed E-state index contributed by atoms with van der Waals surface area (Å²) in [4.78, 5) is -0.0320. The van der Waals surface area contributed by atoms with Gasteiger partial charge in [0.05, 0.1) is 11.6 Å². The van der Waals surface area contributed by atoms with Gasteiger partial charge >= 0.3 is 0 Å². The van der Waals surface area contributed by atoms with Crippen molar-refractivity contribution in [3.05, 3.63) is 27.7 Å². The Labute approximate surface area is 135 Å². The van der Waals surface area contributed by atoms with Crippen LogP contribution in [0.15, 0.2) is 17.0 Å². The molecule has 0 aliphatic heterocycles. The summed E-state index contributed by atoms with van der Waals surface area (Å²) >= 11 is 12.0. The van der Waals surface area contributed by atoms with Gasteiger partial charge in [-0.05, 0) is 30.9 Å². The van der Waals surface area contributed by atoms with Gasteiger partial charge in [0.25, 0.3) is 0 Å². The van der Waals surface area contributed by atoms with E-state index in [1.165, 1.54) is 12.1 Å². The number of hydrogen-bond donors (Lipinski definition) is 2. The molecule has 2 rings (SSSR count). The number of aliphatic hydroxyl groups excluding tert-OH is 1. The second-order valence-corrected chi connectivity index (χ2v) is 7.95. The molecule has 118 valence electrons. The minimum absolute atomic E-state index is 0.0130. The van der Waals surface area contributed by atoms with Gasteiger partial charge in [0.1, 0.15) is 4.90 Å². The van der Waals surface area contributed by atoms with E-state index in [-0.39, 0.29) is 26.5 Å². The third-order valence-corrected chi connectivity index (χ3v) is 6.45. The summed E-state index contributed by atoms with van der Waals surface area (Å²) in [6, 6.07) is 2.74. The van der Waals surface area contributed by atoms with Crippen molar-refractivity contribution in [3.63, 3.8) is 0 Å². The van der Waals surface area contributed by atoms with Crippen molar-refractivity contribution < 1.29 is 13.5 Å². The largest absolute Gasteiger partial charge is 0.392 e. The SMILES string of the molecule is CC1CCCCC1NS(=O)(=O)c1ccc(Cl)c(CO)c1Cl. The van der Waals surface area contributed by atoms with Crippen LogP contribution < -0.4 is 4.72 Å². The number of halogens is 2. The molecule has 1 aromatic rings. The average Bonchev–Trinajstić information content (AvgIpc) is 2.41. The van der Waals surface area contributed by atoms with Gasteiger partial charge in [-0.2, -0.15) is 0 Å². The monoisotopic (exact) mass is 351 g/mol. The first-order chi connectivity index (χ1) is 9.86. The summed E-state index contributed by atoms with van der Waals surface area (Å²) in [5, 5.41) is 9.51. The van der Waals surface area contributed by atoms with Crippen LogP contribution in [0, 0.1) is 5.92 Å². The summed E-state index contributed by atoms with van der Waals surface area (Å²) in [7, 11) is -3.72. The second-order valence-electron chi connectivity index (χ2n) is 5.49. The molecule has 0 radical (unpaired) electrons. The van der Waals surface area contributed by atoms with E-state index >= 15 is 0 Å². The Balaban J connectivity index is 2.31. The van der Waals surface area contributed by atoms with Gasteiger partial charge in [0, 0.05) is 16.6 Å². The van der Waals surface area contributed by atoms with Crippen molar-refractivity contribution >= 4 is 33.2 Å². The third kappa shape index (κ3) is 3.71. The number of hydrogen-bond acceptors (Lipinski definition) is 3. The highest BCUT2D eigenvalue weighted by molar-refractivity contribution is 7.89. The normalized spacial score (nSPS) is 23.2. The van der Waals surface area contributed by atoms with E-state index in [0.717, 1.165) is 25.7 Å². The lowest BCUT2D eigenvalue weighted by Crippen LogP contribution is -2.41. The summed E-state index contributed by atoms with van der Waals surface area (Å²) in [5.74, 6) is 0.303. The topological polar surface area (TPSA) is 66.4 Å². The fraction of sp³-hybridized carbons (Fsp3) is 0.571. The molecule has 0 aromatic heterocycles. The number of aliphatic hydroxyl groups is 1. The fourth-order valence-electron chi connectivity index (χ4n) is 2.68. The van der Waals surface area contributed by atoms with Gasteiger partial charge in [-0.1, -0.05) is 43.0 Å². The van der Waals surface area contributed by atoms with Gasteiger partial charge in [0.15, 0.2) is 0 Å². The summed E-state index contributed by atoms with van der Waals surface area (Å²) in [6.45, 7) is 1.65. The molecule has 1 aliphatic carbocycles. The molecule has 1 saturated carbocycles. The van der Waals surface area contributed by atoms with Crippen LogP contribution in [0.5, 0.6) is 0 Å². The molecule has 1 aromatic carbocycles. The maximum Gasteiger partial charge on any atom is 0.242 e. The quantitative estimate of drug-likeness (QED) is 0.873. The van der Waals surface area contributed by atoms with Crippen LogP contribution in [0.2, 0.25) is 10.0 Å². The van der Waals surface area contributed by atoms with Gasteiger partial charge in [-0.3, -0.25) is 0 Å². The lowest BCUT2D eigenvalue weighted by Gasteiger charge is -2.29. The standard InChI is InChI=1S/C14H19Cl2NO3S/c1-9-4-2-3-5-12(9)17-21(19,20)13-7-6-11(15)10(8-18)14(13)16/h6-7,9,12,17-18H,2-5,8H2,1H3. The van der Waals surface area contributed by atoms with Crippen LogP contribution in [0.1, 0.15) is 38.2 Å². The zero-order valence-electron chi connectivity index (χ0n) is 11.8. The summed E-state index contributed by atoms with van der Waals surface area (Å²) < 4.78 is 27.8. The zero-order chi connectivity index (χ0) is 15.6. The first kappa shape index (κ1) is 17.0. The molecule has 4 nitrogen and oxygen atoms in total. The molecule has 0 spiro atoms. The zero-order valence-corrected chi connectivity index (χ0v) is 14.1. The van der Waals surface area contributed by atoms with E-state index in [4.69, 9.17) is 23.2 Å². The van der Waals surface area contributed by atoms with Crippen LogP contribution in [-0.4, -0.2) is 19.6 Å². The van der Waals surface area contributed by atoms with Crippen LogP contribution in [0.3, 0.4) is 0 Å². The predicted molar refractivity (Wildman–Crippen MR) is 84.1 cm³/mol. The Morgan fingerprint density at radius 3 is 2.57 bits per heavy atom. The lowest BCUT2D eigenvalue weighted by atomic mass is 9.87. The molecule has 0 bridgehead atoms. The number of sulfonamides is 1. The molecule has 21 heavy (non-hydrogen) atoms. The molecular weight excluding hydrogens is 333 g/mol. The van der Waals surface area contributed by atoms with Crippen LogP contribution in [0.4, 0.5) is 0 Å². The Kier molecular flexibility index (Phi) is 5.54. The molecule has 1 aliphatic rings. The van der Waals surface area contributed by atoms with Gasteiger partial charge in [0.2, 0.25) is 10.0 Å². The minimum Gasteiger partial charge on any atom is -0.392 e. The maximum absolute atomic E-state index is 12.5. The van der Waals surface area contributed by atoms with Crippen molar-refractivity contribution in [3.8, 4) is 0 Å². The molecule has 0 heterocycles. The number of rotatable bonds is 4. The van der Waals surface area contributed by atoms with Crippen LogP contribution >= 0.6 is 23.2 Å². The molecule has 2 atom stereocenters. The van der Waals surface area contributed by atoms with E-state index < -0.39 is 16.6 Å². The maximum atomic E-state index is 12.5. The Morgan fingerprint density at radius 2 is 1.95 bits per heavy atom. The van der Waals surface area contributed by atoms with E-state index in [9.17, 15) is 13.5 Å². The highest BCUT2D eigenvalue weighted by Crippen LogP contribution is 2.32. The molecular formula is C14H19Cl2NO3S. The van der Waals surface area contributed by atoms with Crippen molar-refractivity contribution in [2.75, 3.05) is 0 Å². The predicted octanol–water partition coefficient (Wildman–Crippen LogP) is 3.34. The number of nitrogens with one attached hydrogen (secondary N) is 1. The van der Waals surface area contributed by atoms with Crippen molar-refractivity contribution in [2.24, 2.45) is 5.92 Å². The van der Waals surface area contributed by atoms with Gasteiger partial charge in [-0.15, -0.1) is 0 Å². The molecule has 7 heteroatoms. The van der Waals surface area contributed by atoms with E-state index in [1.807, 2.05) is 0 Å². The van der Waals surface area contributed by atoms with E-state index in [0.29, 0.717) is 5.92 Å². The Hall–Kier alpha value is -0.330. The van der Waals surface area contributed by atoms with Crippen molar-refractivity contribution in [1.29, 1.82) is 0 Å². The lowest BCUT2D eigenvalue weighted by molar-refractivity contribution is 0.281. The van der Waals surface area contributed by atoms with Crippen molar-refractivity contribution in [2.45, 2.75) is 50.2 Å². The van der Waals surface area contributed by atoms with Crippen molar-refractivity contribution in [1.82, 2.24) is 4.72 Å². The van der Waals surface area contributed by atoms with Gasteiger partial charge in [-0.25, -0.2) is 13.1 Å². The third-order valence-electron chi connectivity index (χ3n) is 4.02. The van der Waals surface area contributed by atoms with E-state index in [1.54, 1.807) is 0 Å². The molecule has 0 saturated heterocycles. The minimum atomic E-state index is -3.72. The Bertz CT molecular complexity index is 619. The molecule has 2 N–H and O–H groups in total. The summed E-state index contributed by atoms with van der Waals surface area (Å²) in [6.07, 6.45) is 4.01. The molecule has 2 unspecified atom stereocenters. The smallest absolute Gasteiger partial charge is 0.242 e. The highest BCUT2D eigenvalue weighted by atomic mass is 35.5. The number of benzene rings is 1. The highest BCUT2D eigenvalue weighted by Gasteiger charge is 2.28. The van der Waals surface area contributed by atoms with Crippen LogP contribution in [0.25, 0.3) is 0 Å². The average molecular weight is 352 g/mol. The summed E-state index contributed by atoms with van der Waals surface area (Å²) in [5.41, 5.74) is 0.234. The van der Waals surface area contributed by atoms with Gasteiger partial charge < -0.3 is 5.11 Å². The first-order valence-corrected chi connectivity index (χ1v) is 9.20.